The molecule has 118 valence electrons. The van der Waals surface area contributed by atoms with Crippen LogP contribution < -0.4 is 0 Å². The van der Waals surface area contributed by atoms with Crippen molar-refractivity contribution in [2.24, 2.45) is 5.92 Å². The molecule has 6 nitrogen and oxygen atoms in total. The summed E-state index contributed by atoms with van der Waals surface area (Å²) in [6, 6.07) is 1.60. The number of rotatable bonds is 3. The van der Waals surface area contributed by atoms with Gasteiger partial charge >= 0.3 is 6.18 Å². The minimum Gasteiger partial charge on any atom is -0.380 e. The van der Waals surface area contributed by atoms with E-state index in [1.807, 2.05) is 0 Å². The van der Waals surface area contributed by atoms with Gasteiger partial charge in [0.25, 0.3) is 5.69 Å². The van der Waals surface area contributed by atoms with E-state index < -0.39 is 45.4 Å². The molecule has 1 atom stereocenters. The molecule has 0 N–H and O–H groups in total. The highest BCUT2D eigenvalue weighted by molar-refractivity contribution is 6.12. The molecule has 1 fully saturated rings. The van der Waals surface area contributed by atoms with Crippen LogP contribution in [0.1, 0.15) is 22.3 Å². The second kappa shape index (κ2) is 5.84. The van der Waals surface area contributed by atoms with Crippen molar-refractivity contribution in [2.75, 3.05) is 13.2 Å². The second-order valence-electron chi connectivity index (χ2n) is 4.69. The van der Waals surface area contributed by atoms with Crippen LogP contribution in [0.2, 0.25) is 0 Å². The Labute approximate surface area is 122 Å². The number of carbonyl (C=O) groups is 2. The van der Waals surface area contributed by atoms with Crippen LogP contribution in [0.5, 0.6) is 0 Å². The van der Waals surface area contributed by atoms with Gasteiger partial charge in [-0.15, -0.1) is 0 Å². The van der Waals surface area contributed by atoms with Gasteiger partial charge in [-0.25, -0.2) is 0 Å². The molecule has 1 aromatic rings. The van der Waals surface area contributed by atoms with Crippen molar-refractivity contribution in [1.82, 2.24) is 0 Å². The first kappa shape index (κ1) is 16.1. The number of ketones is 2. The third-order valence-electron chi connectivity index (χ3n) is 3.27. The summed E-state index contributed by atoms with van der Waals surface area (Å²) < 4.78 is 42.8. The van der Waals surface area contributed by atoms with Gasteiger partial charge < -0.3 is 4.74 Å². The lowest BCUT2D eigenvalue weighted by Crippen LogP contribution is -2.34. The standard InChI is InChI=1S/C13H10F3NO5/c14-13(15,16)7-1-2-8(10(5-7)17(20)21)12(19)9-6-22-4-3-11(9)18/h1-2,5,9H,3-4,6H2. The molecule has 0 bridgehead atoms. The van der Waals surface area contributed by atoms with E-state index in [9.17, 15) is 32.9 Å². The topological polar surface area (TPSA) is 86.5 Å². The normalized spacial score (nSPS) is 19.0. The molecule has 1 aliphatic heterocycles. The predicted octanol–water partition coefficient (Wildman–Crippen LogP) is 2.40. The highest BCUT2D eigenvalue weighted by Gasteiger charge is 2.37. The van der Waals surface area contributed by atoms with Gasteiger partial charge in [-0.1, -0.05) is 0 Å². The maximum atomic E-state index is 12.6. The Hall–Kier alpha value is -2.29. The van der Waals surface area contributed by atoms with Crippen molar-refractivity contribution in [1.29, 1.82) is 0 Å². The first-order chi connectivity index (χ1) is 10.2. The van der Waals surface area contributed by atoms with E-state index in [4.69, 9.17) is 4.74 Å². The Morgan fingerprint density at radius 1 is 1.36 bits per heavy atom. The monoisotopic (exact) mass is 317 g/mol. The Morgan fingerprint density at radius 2 is 2.05 bits per heavy atom. The fourth-order valence-corrected chi connectivity index (χ4v) is 2.12. The molecule has 0 amide bonds. The van der Waals surface area contributed by atoms with Gasteiger partial charge in [0.1, 0.15) is 11.7 Å². The maximum Gasteiger partial charge on any atom is 0.416 e. The van der Waals surface area contributed by atoms with Gasteiger partial charge in [-0.3, -0.25) is 19.7 Å². The van der Waals surface area contributed by atoms with Crippen molar-refractivity contribution in [3.05, 3.63) is 39.4 Å². The largest absolute Gasteiger partial charge is 0.416 e. The SMILES string of the molecule is O=C1CCOCC1C(=O)c1ccc(C(F)(F)F)cc1[N+](=O)[O-]. The summed E-state index contributed by atoms with van der Waals surface area (Å²) in [4.78, 5) is 33.7. The zero-order valence-electron chi connectivity index (χ0n) is 11.1. The molecule has 2 rings (SSSR count). The van der Waals surface area contributed by atoms with Gasteiger partial charge in [-0.05, 0) is 12.1 Å². The fourth-order valence-electron chi connectivity index (χ4n) is 2.12. The molecule has 0 aliphatic carbocycles. The van der Waals surface area contributed by atoms with Crippen molar-refractivity contribution in [3.8, 4) is 0 Å². The third kappa shape index (κ3) is 3.14. The molecular weight excluding hydrogens is 307 g/mol. The number of alkyl halides is 3. The van der Waals surface area contributed by atoms with E-state index >= 15 is 0 Å². The minimum atomic E-state index is -4.77. The smallest absolute Gasteiger partial charge is 0.380 e. The summed E-state index contributed by atoms with van der Waals surface area (Å²) in [6.07, 6.45) is -4.78. The van der Waals surface area contributed by atoms with Crippen LogP contribution in [-0.4, -0.2) is 29.7 Å². The first-order valence-electron chi connectivity index (χ1n) is 6.22. The molecule has 0 saturated carbocycles. The number of halogens is 3. The molecule has 1 aliphatic rings. The average molecular weight is 317 g/mol. The highest BCUT2D eigenvalue weighted by atomic mass is 19.4. The third-order valence-corrected chi connectivity index (χ3v) is 3.27. The number of carbonyl (C=O) groups excluding carboxylic acids is 2. The second-order valence-corrected chi connectivity index (χ2v) is 4.69. The lowest BCUT2D eigenvalue weighted by Gasteiger charge is -2.20. The van der Waals surface area contributed by atoms with Crippen molar-refractivity contribution in [2.45, 2.75) is 12.6 Å². The summed E-state index contributed by atoms with van der Waals surface area (Å²) in [5, 5.41) is 10.9. The molecule has 22 heavy (non-hydrogen) atoms. The van der Waals surface area contributed by atoms with E-state index in [2.05, 4.69) is 0 Å². The summed E-state index contributed by atoms with van der Waals surface area (Å²) in [5.41, 5.74) is -2.73. The number of benzene rings is 1. The van der Waals surface area contributed by atoms with Crippen LogP contribution in [0.3, 0.4) is 0 Å². The molecule has 1 unspecified atom stereocenters. The van der Waals surface area contributed by atoms with Crippen LogP contribution in [0.25, 0.3) is 0 Å². The zero-order chi connectivity index (χ0) is 16.5. The molecule has 1 saturated heterocycles. The maximum absolute atomic E-state index is 12.6. The summed E-state index contributed by atoms with van der Waals surface area (Å²) in [7, 11) is 0. The van der Waals surface area contributed by atoms with Gasteiger partial charge in [0.2, 0.25) is 0 Å². The van der Waals surface area contributed by atoms with Gasteiger partial charge in [0.15, 0.2) is 5.78 Å². The number of hydrogen-bond acceptors (Lipinski definition) is 5. The number of ether oxygens (including phenoxy) is 1. The lowest BCUT2D eigenvalue weighted by atomic mass is 9.90. The molecule has 1 heterocycles. The number of nitro groups is 1. The molecule has 1 aromatic carbocycles. The summed E-state index contributed by atoms with van der Waals surface area (Å²) >= 11 is 0. The van der Waals surface area contributed by atoms with Gasteiger partial charge in [0, 0.05) is 12.5 Å². The van der Waals surface area contributed by atoms with Crippen molar-refractivity contribution in [3.63, 3.8) is 0 Å². The van der Waals surface area contributed by atoms with E-state index in [0.29, 0.717) is 12.1 Å². The van der Waals surface area contributed by atoms with Gasteiger partial charge in [0.05, 0.1) is 29.3 Å². The van der Waals surface area contributed by atoms with Crippen LogP contribution in [0, 0.1) is 16.0 Å². The van der Waals surface area contributed by atoms with Gasteiger partial charge in [-0.2, -0.15) is 13.2 Å². The van der Waals surface area contributed by atoms with E-state index in [-0.39, 0.29) is 19.6 Å². The summed E-state index contributed by atoms with van der Waals surface area (Å²) in [6.45, 7) is -0.0758. The predicted molar refractivity (Wildman–Crippen MR) is 66.4 cm³/mol. The average Bonchev–Trinajstić information content (AvgIpc) is 2.45. The van der Waals surface area contributed by atoms with Crippen molar-refractivity contribution < 1.29 is 32.4 Å². The summed E-state index contributed by atoms with van der Waals surface area (Å²) in [5.74, 6) is -2.56. The number of Topliss-reactive ketones (excluding diaryl/α,β-unsaturated/α-hetero) is 2. The molecular formula is C13H10F3NO5. The Morgan fingerprint density at radius 3 is 2.59 bits per heavy atom. The lowest BCUT2D eigenvalue weighted by molar-refractivity contribution is -0.385. The fraction of sp³-hybridized carbons (Fsp3) is 0.385. The van der Waals surface area contributed by atoms with E-state index in [0.717, 1.165) is 6.07 Å². The van der Waals surface area contributed by atoms with Crippen LogP contribution in [0.4, 0.5) is 18.9 Å². The van der Waals surface area contributed by atoms with E-state index in [1.165, 1.54) is 0 Å². The quantitative estimate of drug-likeness (QED) is 0.370. The Bertz CT molecular complexity index is 641. The molecule has 0 radical (unpaired) electrons. The minimum absolute atomic E-state index is 0.00909. The van der Waals surface area contributed by atoms with Crippen LogP contribution in [-0.2, 0) is 15.7 Å². The zero-order valence-corrected chi connectivity index (χ0v) is 11.1. The number of nitrogens with zero attached hydrogens (tertiary/aromatic N) is 1. The van der Waals surface area contributed by atoms with E-state index in [1.54, 1.807) is 0 Å². The highest BCUT2D eigenvalue weighted by Crippen LogP contribution is 2.34. The molecule has 9 heteroatoms. The number of hydrogen-bond donors (Lipinski definition) is 0. The number of nitro benzene ring substituents is 1. The van der Waals surface area contributed by atoms with Crippen molar-refractivity contribution >= 4 is 17.3 Å². The van der Waals surface area contributed by atoms with Crippen LogP contribution >= 0.6 is 0 Å². The molecule has 0 aromatic heterocycles. The first-order valence-corrected chi connectivity index (χ1v) is 6.22. The Kier molecular flexibility index (Phi) is 4.27. The Balaban J connectivity index is 2.44. The molecule has 0 spiro atoms. The van der Waals surface area contributed by atoms with Crippen LogP contribution in [0.15, 0.2) is 18.2 Å².